The molecule has 2 aromatic heterocycles. The molecular formula is C15H13ClN2S. The zero-order valence-electron chi connectivity index (χ0n) is 10.4. The number of hydrogen-bond acceptors (Lipinski definition) is 3. The van der Waals surface area contributed by atoms with Gasteiger partial charge in [0.1, 0.15) is 0 Å². The Balaban J connectivity index is 2.17. The van der Waals surface area contributed by atoms with Crippen LogP contribution in [0.3, 0.4) is 0 Å². The van der Waals surface area contributed by atoms with Gasteiger partial charge in [-0.25, -0.2) is 0 Å². The zero-order chi connectivity index (χ0) is 13.4. The molecule has 0 aliphatic rings. The van der Waals surface area contributed by atoms with Crippen LogP contribution in [0, 0.1) is 6.92 Å². The van der Waals surface area contributed by atoms with Crippen molar-refractivity contribution >= 4 is 33.7 Å². The van der Waals surface area contributed by atoms with Crippen molar-refractivity contribution in [3.63, 3.8) is 0 Å². The van der Waals surface area contributed by atoms with Gasteiger partial charge in [0, 0.05) is 22.7 Å². The second-order valence-corrected chi connectivity index (χ2v) is 5.81. The van der Waals surface area contributed by atoms with Crippen LogP contribution in [-0.2, 0) is 0 Å². The lowest BCUT2D eigenvalue weighted by molar-refractivity contribution is 0.902. The van der Waals surface area contributed by atoms with Gasteiger partial charge in [-0.05, 0) is 34.9 Å². The van der Waals surface area contributed by atoms with E-state index in [1.165, 1.54) is 0 Å². The number of halogens is 1. The molecule has 0 aliphatic heterocycles. The second kappa shape index (κ2) is 4.93. The molecule has 2 N–H and O–H groups in total. The first-order valence-corrected chi connectivity index (χ1v) is 7.26. The number of rotatable bonds is 2. The topological polar surface area (TPSA) is 38.9 Å². The first-order chi connectivity index (χ1) is 9.18. The Labute approximate surface area is 120 Å². The molecule has 3 rings (SSSR count). The molecule has 2 heterocycles. The number of fused-ring (bicyclic) bond motifs is 1. The van der Waals surface area contributed by atoms with E-state index < -0.39 is 0 Å². The van der Waals surface area contributed by atoms with E-state index in [-0.39, 0.29) is 6.04 Å². The first kappa shape index (κ1) is 12.6. The molecule has 19 heavy (non-hydrogen) atoms. The van der Waals surface area contributed by atoms with Crippen LogP contribution in [-0.4, -0.2) is 4.98 Å². The maximum absolute atomic E-state index is 6.40. The molecule has 0 radical (unpaired) electrons. The lowest BCUT2D eigenvalue weighted by Gasteiger charge is -2.14. The van der Waals surface area contributed by atoms with Crippen molar-refractivity contribution in [2.45, 2.75) is 13.0 Å². The molecule has 2 nitrogen and oxygen atoms in total. The smallest absolute Gasteiger partial charge is 0.0667 e. The SMILES string of the molecule is Cc1csc(C(N)c2cccc3cnccc23)c1Cl. The summed E-state index contributed by atoms with van der Waals surface area (Å²) in [5.41, 5.74) is 8.57. The number of aromatic nitrogens is 1. The van der Waals surface area contributed by atoms with E-state index >= 15 is 0 Å². The summed E-state index contributed by atoms with van der Waals surface area (Å²) in [6.45, 7) is 2.00. The number of nitrogens with zero attached hydrogens (tertiary/aromatic N) is 1. The number of benzene rings is 1. The highest BCUT2D eigenvalue weighted by Crippen LogP contribution is 2.36. The summed E-state index contributed by atoms with van der Waals surface area (Å²) in [5.74, 6) is 0. The Morgan fingerprint density at radius 2 is 2.16 bits per heavy atom. The number of thiophene rings is 1. The molecule has 0 fully saturated rings. The minimum Gasteiger partial charge on any atom is -0.320 e. The number of aryl methyl sites for hydroxylation is 1. The van der Waals surface area contributed by atoms with Crippen LogP contribution in [0.2, 0.25) is 5.02 Å². The van der Waals surface area contributed by atoms with Gasteiger partial charge in [-0.1, -0.05) is 29.8 Å². The monoisotopic (exact) mass is 288 g/mol. The van der Waals surface area contributed by atoms with Gasteiger partial charge in [0.25, 0.3) is 0 Å². The zero-order valence-corrected chi connectivity index (χ0v) is 12.0. The Kier molecular flexibility index (Phi) is 3.27. The van der Waals surface area contributed by atoms with Gasteiger partial charge in [-0.2, -0.15) is 0 Å². The summed E-state index contributed by atoms with van der Waals surface area (Å²) in [6, 6.07) is 7.90. The number of pyridine rings is 1. The molecule has 0 saturated heterocycles. The van der Waals surface area contributed by atoms with Crippen molar-refractivity contribution in [2.24, 2.45) is 5.73 Å². The van der Waals surface area contributed by atoms with Crippen molar-refractivity contribution < 1.29 is 0 Å². The van der Waals surface area contributed by atoms with Crippen LogP contribution in [0.4, 0.5) is 0 Å². The fourth-order valence-electron chi connectivity index (χ4n) is 2.22. The highest BCUT2D eigenvalue weighted by molar-refractivity contribution is 7.10. The third kappa shape index (κ3) is 2.14. The summed E-state index contributed by atoms with van der Waals surface area (Å²) in [6.07, 6.45) is 3.65. The van der Waals surface area contributed by atoms with Crippen LogP contribution in [0.25, 0.3) is 10.8 Å². The van der Waals surface area contributed by atoms with E-state index in [9.17, 15) is 0 Å². The van der Waals surface area contributed by atoms with Crippen molar-refractivity contribution in [3.05, 3.63) is 63.1 Å². The average molecular weight is 289 g/mol. The second-order valence-electron chi connectivity index (χ2n) is 4.52. The van der Waals surface area contributed by atoms with E-state index in [0.717, 1.165) is 31.8 Å². The Hall–Kier alpha value is -1.42. The molecule has 4 heteroatoms. The largest absolute Gasteiger partial charge is 0.320 e. The molecule has 0 saturated carbocycles. The molecule has 3 aromatic rings. The molecule has 0 bridgehead atoms. The molecule has 1 unspecified atom stereocenters. The van der Waals surface area contributed by atoms with Crippen molar-refractivity contribution in [2.75, 3.05) is 0 Å². The lowest BCUT2D eigenvalue weighted by atomic mass is 9.99. The van der Waals surface area contributed by atoms with Gasteiger partial charge < -0.3 is 5.73 Å². The molecule has 0 spiro atoms. The molecule has 0 amide bonds. The van der Waals surface area contributed by atoms with E-state index in [1.807, 2.05) is 36.7 Å². The normalized spacial score (nSPS) is 12.8. The summed E-state index contributed by atoms with van der Waals surface area (Å²) in [4.78, 5) is 5.16. The van der Waals surface area contributed by atoms with Crippen LogP contribution in [0.5, 0.6) is 0 Å². The predicted molar refractivity (Wildman–Crippen MR) is 81.8 cm³/mol. The molecule has 0 aliphatic carbocycles. The van der Waals surface area contributed by atoms with Gasteiger partial charge in [0.15, 0.2) is 0 Å². The number of hydrogen-bond donors (Lipinski definition) is 1. The quantitative estimate of drug-likeness (QED) is 0.763. The molecule has 96 valence electrons. The van der Waals surface area contributed by atoms with E-state index in [4.69, 9.17) is 17.3 Å². The highest BCUT2D eigenvalue weighted by atomic mass is 35.5. The Morgan fingerprint density at radius 3 is 2.89 bits per heavy atom. The summed E-state index contributed by atoms with van der Waals surface area (Å²) < 4.78 is 0. The maximum atomic E-state index is 6.40. The first-order valence-electron chi connectivity index (χ1n) is 6.00. The third-order valence-corrected chi connectivity index (χ3v) is 5.05. The minimum atomic E-state index is -0.197. The maximum Gasteiger partial charge on any atom is 0.0667 e. The van der Waals surface area contributed by atoms with Crippen LogP contribution in [0.1, 0.15) is 22.0 Å². The predicted octanol–water partition coefficient (Wildman–Crippen LogP) is 4.31. The van der Waals surface area contributed by atoms with Gasteiger partial charge in [0.05, 0.1) is 11.1 Å². The van der Waals surface area contributed by atoms with Crippen molar-refractivity contribution in [1.82, 2.24) is 4.98 Å². The van der Waals surface area contributed by atoms with Crippen molar-refractivity contribution in [1.29, 1.82) is 0 Å². The van der Waals surface area contributed by atoms with Gasteiger partial charge in [-0.15, -0.1) is 11.3 Å². The number of nitrogens with two attached hydrogens (primary N) is 1. The molecular weight excluding hydrogens is 276 g/mol. The summed E-state index contributed by atoms with van der Waals surface area (Å²) in [7, 11) is 0. The van der Waals surface area contributed by atoms with Gasteiger partial charge >= 0.3 is 0 Å². The van der Waals surface area contributed by atoms with Crippen LogP contribution >= 0.6 is 22.9 Å². The van der Waals surface area contributed by atoms with Crippen LogP contribution in [0.15, 0.2) is 42.0 Å². The fraction of sp³-hybridized carbons (Fsp3) is 0.133. The Morgan fingerprint density at radius 1 is 1.32 bits per heavy atom. The van der Waals surface area contributed by atoms with Crippen LogP contribution < -0.4 is 5.73 Å². The molecule has 1 aromatic carbocycles. The Bertz CT molecular complexity index is 731. The van der Waals surface area contributed by atoms with Crippen molar-refractivity contribution in [3.8, 4) is 0 Å². The average Bonchev–Trinajstić information content (AvgIpc) is 2.78. The van der Waals surface area contributed by atoms with E-state index in [1.54, 1.807) is 17.5 Å². The fourth-order valence-corrected chi connectivity index (χ4v) is 3.55. The molecule has 1 atom stereocenters. The standard InChI is InChI=1S/C15H13ClN2S/c1-9-8-19-15(13(9)16)14(17)12-4-2-3-10-7-18-6-5-11(10)12/h2-8,14H,17H2,1H3. The minimum absolute atomic E-state index is 0.197. The summed E-state index contributed by atoms with van der Waals surface area (Å²) in [5, 5.41) is 5.06. The lowest BCUT2D eigenvalue weighted by Crippen LogP contribution is -2.11. The van der Waals surface area contributed by atoms with E-state index in [2.05, 4.69) is 11.1 Å². The van der Waals surface area contributed by atoms with Gasteiger partial charge in [0.2, 0.25) is 0 Å². The van der Waals surface area contributed by atoms with E-state index in [0.29, 0.717) is 0 Å². The highest BCUT2D eigenvalue weighted by Gasteiger charge is 2.17. The van der Waals surface area contributed by atoms with Gasteiger partial charge in [-0.3, -0.25) is 4.98 Å². The third-order valence-electron chi connectivity index (χ3n) is 3.26. The summed E-state index contributed by atoms with van der Waals surface area (Å²) >= 11 is 7.94.